The summed E-state index contributed by atoms with van der Waals surface area (Å²) in [6.45, 7) is 10.8. The van der Waals surface area contributed by atoms with Crippen LogP contribution >= 0.6 is 0 Å². The van der Waals surface area contributed by atoms with Gasteiger partial charge in [0.1, 0.15) is 16.4 Å². The molecule has 7 heteroatoms. The minimum absolute atomic E-state index is 0.0817. The fourth-order valence-electron chi connectivity index (χ4n) is 2.43. The molecule has 0 bridgehead atoms. The van der Waals surface area contributed by atoms with Crippen molar-refractivity contribution in [3.63, 3.8) is 0 Å². The number of nitrogens with zero attached hydrogens (tertiary/aromatic N) is 1. The molecule has 0 radical (unpaired) electrons. The molecule has 0 fully saturated rings. The Morgan fingerprint density at radius 3 is 2.26 bits per heavy atom. The van der Waals surface area contributed by atoms with Crippen molar-refractivity contribution in [1.29, 1.82) is 5.26 Å². The van der Waals surface area contributed by atoms with E-state index < -0.39 is 10.0 Å². The fourth-order valence-corrected chi connectivity index (χ4v) is 3.14. The summed E-state index contributed by atoms with van der Waals surface area (Å²) in [7, 11) is -3.91. The number of hydrogen-bond acceptors (Lipinski definition) is 5. The second kappa shape index (κ2) is 17.3. The number of hydrogen-bond donors (Lipinski definition) is 2. The zero-order chi connectivity index (χ0) is 23.5. The molecule has 0 saturated carbocycles. The Labute approximate surface area is 188 Å². The molecular formula is C24H37N3O3S. The average Bonchev–Trinajstić information content (AvgIpc) is 2.78. The molecular weight excluding hydrogens is 410 g/mol. The molecule has 0 saturated heterocycles. The van der Waals surface area contributed by atoms with Crippen molar-refractivity contribution >= 4 is 10.0 Å². The maximum Gasteiger partial charge on any atom is 0.241 e. The third kappa shape index (κ3) is 12.8. The van der Waals surface area contributed by atoms with Crippen LogP contribution in [-0.2, 0) is 16.4 Å². The van der Waals surface area contributed by atoms with Gasteiger partial charge in [-0.3, -0.25) is 0 Å². The molecule has 0 atom stereocenters. The standard InChI is InChI=1S/C15H14N2O3S.C7H17N.C2H6/c16-10-4-5-12-8-9-14(15(11-12)21(17,18)19)20-13-6-2-1-3-7-13;1-3-5-7-8-6-4-2;1-2/h1-3,6-9,11H,4-5H2,(H2,17,18,19);8H,3-7H2,1-2H3;1-2H3. The van der Waals surface area contributed by atoms with Crippen molar-refractivity contribution < 1.29 is 13.2 Å². The first-order valence-electron chi connectivity index (χ1n) is 10.9. The van der Waals surface area contributed by atoms with Crippen molar-refractivity contribution in [2.24, 2.45) is 5.14 Å². The van der Waals surface area contributed by atoms with Crippen molar-refractivity contribution in [3.8, 4) is 17.6 Å². The van der Waals surface area contributed by atoms with Crippen LogP contribution in [0.4, 0.5) is 0 Å². The highest BCUT2D eigenvalue weighted by Crippen LogP contribution is 2.29. The number of benzene rings is 2. The molecule has 0 heterocycles. The fraction of sp³-hybridized carbons (Fsp3) is 0.458. The lowest BCUT2D eigenvalue weighted by molar-refractivity contribution is 0.467. The highest BCUT2D eigenvalue weighted by molar-refractivity contribution is 7.89. The molecule has 6 nitrogen and oxygen atoms in total. The van der Waals surface area contributed by atoms with Gasteiger partial charge in [0.25, 0.3) is 0 Å². The van der Waals surface area contributed by atoms with Crippen LogP contribution in [0.2, 0.25) is 0 Å². The molecule has 0 aliphatic rings. The molecule has 31 heavy (non-hydrogen) atoms. The monoisotopic (exact) mass is 447 g/mol. The number of rotatable bonds is 10. The first-order chi connectivity index (χ1) is 14.9. The first kappa shape index (κ1) is 28.6. The predicted molar refractivity (Wildman–Crippen MR) is 128 cm³/mol. The number of aryl methyl sites for hydroxylation is 1. The van der Waals surface area contributed by atoms with E-state index in [1.54, 1.807) is 36.4 Å². The number of sulfonamides is 1. The lowest BCUT2D eigenvalue weighted by atomic mass is 10.1. The quantitative estimate of drug-likeness (QED) is 0.475. The molecule has 3 N–H and O–H groups in total. The van der Waals surface area contributed by atoms with Crippen LogP contribution in [0, 0.1) is 11.3 Å². The average molecular weight is 448 g/mol. The van der Waals surface area contributed by atoms with Gasteiger partial charge in [0, 0.05) is 6.42 Å². The number of primary sulfonamides is 1. The normalized spacial score (nSPS) is 10.1. The maximum absolute atomic E-state index is 11.7. The summed E-state index contributed by atoms with van der Waals surface area (Å²) in [5, 5.41) is 17.2. The summed E-state index contributed by atoms with van der Waals surface area (Å²) >= 11 is 0. The van der Waals surface area contributed by atoms with Gasteiger partial charge in [-0.1, -0.05) is 58.4 Å². The molecule has 0 spiro atoms. The van der Waals surface area contributed by atoms with Gasteiger partial charge in [-0.2, -0.15) is 5.26 Å². The summed E-state index contributed by atoms with van der Waals surface area (Å²) in [6.07, 6.45) is 4.65. The second-order valence-electron chi connectivity index (χ2n) is 6.50. The van der Waals surface area contributed by atoms with E-state index in [1.165, 1.54) is 38.4 Å². The molecule has 0 unspecified atom stereocenters. The Kier molecular flexibility index (Phi) is 16.0. The first-order valence-corrected chi connectivity index (χ1v) is 12.4. The van der Waals surface area contributed by atoms with Crippen LogP contribution < -0.4 is 15.2 Å². The summed E-state index contributed by atoms with van der Waals surface area (Å²) in [4.78, 5) is -0.0817. The number of nitrogens with two attached hydrogens (primary N) is 1. The maximum atomic E-state index is 11.7. The van der Waals surface area contributed by atoms with Crippen LogP contribution in [0.1, 0.15) is 58.9 Å². The zero-order valence-corrected chi connectivity index (χ0v) is 20.0. The Morgan fingerprint density at radius 2 is 1.71 bits per heavy atom. The molecule has 0 amide bonds. The van der Waals surface area contributed by atoms with E-state index in [4.69, 9.17) is 15.1 Å². The van der Waals surface area contributed by atoms with E-state index in [2.05, 4.69) is 19.2 Å². The largest absolute Gasteiger partial charge is 0.456 e. The van der Waals surface area contributed by atoms with Crippen molar-refractivity contribution in [3.05, 3.63) is 54.1 Å². The number of nitriles is 1. The Hall–Kier alpha value is -2.40. The van der Waals surface area contributed by atoms with Crippen LogP contribution in [0.25, 0.3) is 0 Å². The van der Waals surface area contributed by atoms with Crippen molar-refractivity contribution in [1.82, 2.24) is 5.32 Å². The lowest BCUT2D eigenvalue weighted by Gasteiger charge is -2.11. The third-order valence-electron chi connectivity index (χ3n) is 3.95. The Balaban J connectivity index is 0.000000762. The van der Waals surface area contributed by atoms with E-state index >= 15 is 0 Å². The molecule has 0 aliphatic carbocycles. The van der Waals surface area contributed by atoms with Crippen molar-refractivity contribution in [2.75, 3.05) is 13.1 Å². The summed E-state index contributed by atoms with van der Waals surface area (Å²) < 4.78 is 29.0. The van der Waals surface area contributed by atoms with Crippen LogP contribution in [0.15, 0.2) is 53.4 Å². The zero-order valence-electron chi connectivity index (χ0n) is 19.2. The van der Waals surface area contributed by atoms with Gasteiger partial charge in [-0.05, 0) is 62.2 Å². The predicted octanol–water partition coefficient (Wildman–Crippen LogP) is 5.39. The molecule has 0 aromatic heterocycles. The van der Waals surface area contributed by atoms with E-state index in [9.17, 15) is 8.42 Å². The number of ether oxygens (including phenoxy) is 1. The van der Waals surface area contributed by atoms with Gasteiger partial charge in [0.2, 0.25) is 10.0 Å². The van der Waals surface area contributed by atoms with Crippen LogP contribution in [-0.4, -0.2) is 21.5 Å². The van der Waals surface area contributed by atoms with Gasteiger partial charge in [-0.25, -0.2) is 13.6 Å². The Bertz CT molecular complexity index is 857. The topological polar surface area (TPSA) is 105 Å². The lowest BCUT2D eigenvalue weighted by Crippen LogP contribution is -2.15. The van der Waals surface area contributed by atoms with Crippen LogP contribution in [0.3, 0.4) is 0 Å². The Morgan fingerprint density at radius 1 is 1.03 bits per heavy atom. The third-order valence-corrected chi connectivity index (χ3v) is 4.88. The molecule has 172 valence electrons. The minimum Gasteiger partial charge on any atom is -0.456 e. The molecule has 2 aromatic rings. The van der Waals surface area contributed by atoms with E-state index in [0.29, 0.717) is 18.6 Å². The molecule has 2 rings (SSSR count). The highest BCUT2D eigenvalue weighted by atomic mass is 32.2. The number of para-hydroxylation sites is 1. The van der Waals surface area contributed by atoms with Gasteiger partial charge in [0.15, 0.2) is 0 Å². The van der Waals surface area contributed by atoms with Gasteiger partial charge in [-0.15, -0.1) is 0 Å². The van der Waals surface area contributed by atoms with E-state index in [1.807, 2.05) is 26.0 Å². The number of nitrogens with one attached hydrogen (secondary N) is 1. The molecule has 2 aromatic carbocycles. The van der Waals surface area contributed by atoms with Gasteiger partial charge in [0.05, 0.1) is 6.07 Å². The van der Waals surface area contributed by atoms with E-state index in [-0.39, 0.29) is 10.6 Å². The summed E-state index contributed by atoms with van der Waals surface area (Å²) in [5.74, 6) is 0.691. The summed E-state index contributed by atoms with van der Waals surface area (Å²) in [5.41, 5.74) is 0.723. The van der Waals surface area contributed by atoms with Gasteiger partial charge < -0.3 is 10.1 Å². The SMILES string of the molecule is CC.CCCCNCCC.N#CCCc1ccc(Oc2ccccc2)c(S(N)(=O)=O)c1. The minimum atomic E-state index is -3.91. The second-order valence-corrected chi connectivity index (χ2v) is 8.03. The smallest absolute Gasteiger partial charge is 0.241 e. The van der Waals surface area contributed by atoms with E-state index in [0.717, 1.165) is 5.56 Å². The highest BCUT2D eigenvalue weighted by Gasteiger charge is 2.16. The van der Waals surface area contributed by atoms with Crippen LogP contribution in [0.5, 0.6) is 11.5 Å². The molecule has 0 aliphatic heterocycles. The summed E-state index contributed by atoms with van der Waals surface area (Å²) in [6, 6.07) is 15.6. The number of unbranched alkanes of at least 4 members (excludes halogenated alkanes) is 1. The van der Waals surface area contributed by atoms with Crippen molar-refractivity contribution in [2.45, 2.75) is 64.7 Å². The van der Waals surface area contributed by atoms with Gasteiger partial charge >= 0.3 is 0 Å².